The fraction of sp³-hybridized carbons (Fsp3) is 0.562. The number of amides is 1. The monoisotopic (exact) mass is 373 g/mol. The second-order valence-corrected chi connectivity index (χ2v) is 8.02. The lowest BCUT2D eigenvalue weighted by molar-refractivity contribution is 0.0623. The van der Waals surface area contributed by atoms with Gasteiger partial charge in [-0.25, -0.2) is 13.1 Å². The summed E-state index contributed by atoms with van der Waals surface area (Å²) in [5.74, 6) is -0.0701. The van der Waals surface area contributed by atoms with Crippen LogP contribution < -0.4 is 10.5 Å². The quantitative estimate of drug-likeness (QED) is 0.818. The van der Waals surface area contributed by atoms with E-state index in [1.807, 2.05) is 4.90 Å². The molecule has 1 amide bonds. The Morgan fingerprint density at radius 2 is 1.83 bits per heavy atom. The average Bonchev–Trinajstić information content (AvgIpc) is 3.37. The van der Waals surface area contributed by atoms with Crippen LogP contribution in [0.2, 0.25) is 0 Å². The SMILES string of the molecule is Cl.NCC1CCCCN1C(=O)c1ccc(S(=O)(=O)NC2CC2)cc1. The molecule has 0 spiro atoms. The standard InChI is InChI=1S/C16H23N3O3S.ClH/c17-11-14-3-1-2-10-19(14)16(20)12-4-8-15(9-5-12)23(21,22)18-13-6-7-13;/h4-5,8-9,13-14,18H,1-3,6-7,10-11,17H2;1H. The molecule has 1 heterocycles. The Kier molecular flexibility index (Phi) is 6.25. The first-order valence-electron chi connectivity index (χ1n) is 8.15. The number of nitrogens with zero attached hydrogens (tertiary/aromatic N) is 1. The summed E-state index contributed by atoms with van der Waals surface area (Å²) in [4.78, 5) is 14.6. The van der Waals surface area contributed by atoms with E-state index in [4.69, 9.17) is 5.73 Å². The number of sulfonamides is 1. The first kappa shape index (κ1) is 19.2. The maximum Gasteiger partial charge on any atom is 0.254 e. The van der Waals surface area contributed by atoms with Crippen LogP contribution >= 0.6 is 12.4 Å². The van der Waals surface area contributed by atoms with Gasteiger partial charge in [0.25, 0.3) is 5.91 Å². The van der Waals surface area contributed by atoms with Gasteiger partial charge in [-0.3, -0.25) is 4.79 Å². The third-order valence-electron chi connectivity index (χ3n) is 4.47. The molecule has 1 aliphatic carbocycles. The lowest BCUT2D eigenvalue weighted by atomic mass is 10.0. The van der Waals surface area contributed by atoms with Crippen molar-refractivity contribution in [3.8, 4) is 0 Å². The van der Waals surface area contributed by atoms with Crippen molar-refractivity contribution in [1.82, 2.24) is 9.62 Å². The molecule has 0 bridgehead atoms. The Morgan fingerprint density at radius 1 is 1.17 bits per heavy atom. The summed E-state index contributed by atoms with van der Waals surface area (Å²) in [5, 5.41) is 0. The van der Waals surface area contributed by atoms with E-state index in [9.17, 15) is 13.2 Å². The van der Waals surface area contributed by atoms with Crippen LogP contribution in [-0.4, -0.2) is 44.4 Å². The maximum absolute atomic E-state index is 12.6. The third-order valence-corrected chi connectivity index (χ3v) is 6.01. The van der Waals surface area contributed by atoms with Gasteiger partial charge in [0.15, 0.2) is 0 Å². The number of halogens is 1. The molecule has 134 valence electrons. The summed E-state index contributed by atoms with van der Waals surface area (Å²) >= 11 is 0. The van der Waals surface area contributed by atoms with Crippen molar-refractivity contribution >= 4 is 28.3 Å². The van der Waals surface area contributed by atoms with E-state index in [1.165, 1.54) is 12.1 Å². The van der Waals surface area contributed by atoms with E-state index in [0.717, 1.165) is 32.1 Å². The van der Waals surface area contributed by atoms with Gasteiger partial charge in [0.2, 0.25) is 10.0 Å². The maximum atomic E-state index is 12.6. The van der Waals surface area contributed by atoms with E-state index in [0.29, 0.717) is 18.7 Å². The fourth-order valence-electron chi connectivity index (χ4n) is 2.94. The fourth-order valence-corrected chi connectivity index (χ4v) is 4.25. The minimum Gasteiger partial charge on any atom is -0.334 e. The van der Waals surface area contributed by atoms with Gasteiger partial charge < -0.3 is 10.6 Å². The number of rotatable bonds is 5. The minimum absolute atomic E-state index is 0. The van der Waals surface area contributed by atoms with E-state index in [2.05, 4.69) is 4.72 Å². The highest BCUT2D eigenvalue weighted by Gasteiger charge is 2.29. The summed E-state index contributed by atoms with van der Waals surface area (Å²) in [7, 11) is -3.47. The second-order valence-electron chi connectivity index (χ2n) is 6.30. The summed E-state index contributed by atoms with van der Waals surface area (Å²) in [5.41, 5.74) is 6.27. The number of nitrogens with two attached hydrogens (primary N) is 1. The Morgan fingerprint density at radius 3 is 2.42 bits per heavy atom. The Balaban J connectivity index is 0.00000208. The van der Waals surface area contributed by atoms with E-state index in [1.54, 1.807) is 12.1 Å². The molecule has 2 fully saturated rings. The van der Waals surface area contributed by atoms with Crippen molar-refractivity contribution in [1.29, 1.82) is 0 Å². The van der Waals surface area contributed by atoms with Gasteiger partial charge in [0, 0.05) is 30.7 Å². The summed E-state index contributed by atoms with van der Waals surface area (Å²) in [6, 6.07) is 6.33. The highest BCUT2D eigenvalue weighted by atomic mass is 35.5. The van der Waals surface area contributed by atoms with Gasteiger partial charge in [0.1, 0.15) is 0 Å². The molecule has 0 radical (unpaired) electrons. The second kappa shape index (κ2) is 7.82. The van der Waals surface area contributed by atoms with E-state index >= 15 is 0 Å². The van der Waals surface area contributed by atoms with Gasteiger partial charge in [-0.1, -0.05) is 0 Å². The first-order chi connectivity index (χ1) is 11.0. The number of nitrogens with one attached hydrogen (secondary N) is 1. The summed E-state index contributed by atoms with van der Waals surface area (Å²) in [6.07, 6.45) is 4.80. The molecule has 1 saturated carbocycles. The van der Waals surface area contributed by atoms with Crippen molar-refractivity contribution in [3.05, 3.63) is 29.8 Å². The normalized spacial score (nSPS) is 21.2. The lowest BCUT2D eigenvalue weighted by Crippen LogP contribution is -2.47. The van der Waals surface area contributed by atoms with Crippen molar-refractivity contribution < 1.29 is 13.2 Å². The highest BCUT2D eigenvalue weighted by molar-refractivity contribution is 7.89. The van der Waals surface area contributed by atoms with E-state index in [-0.39, 0.29) is 35.3 Å². The molecule has 2 aliphatic rings. The number of hydrogen-bond acceptors (Lipinski definition) is 4. The van der Waals surface area contributed by atoms with Crippen LogP contribution in [0.5, 0.6) is 0 Å². The van der Waals surface area contributed by atoms with Crippen molar-refractivity contribution in [2.75, 3.05) is 13.1 Å². The van der Waals surface area contributed by atoms with Crippen molar-refractivity contribution in [2.24, 2.45) is 5.73 Å². The molecule has 3 N–H and O–H groups in total. The van der Waals surface area contributed by atoms with Crippen LogP contribution in [0, 0.1) is 0 Å². The summed E-state index contributed by atoms with van der Waals surface area (Å²) < 4.78 is 26.9. The molecule has 1 unspecified atom stereocenters. The van der Waals surface area contributed by atoms with Crippen LogP contribution in [-0.2, 0) is 10.0 Å². The topological polar surface area (TPSA) is 92.5 Å². The van der Waals surface area contributed by atoms with Gasteiger partial charge >= 0.3 is 0 Å². The van der Waals surface area contributed by atoms with Gasteiger partial charge in [-0.2, -0.15) is 0 Å². The molecule has 24 heavy (non-hydrogen) atoms. The Labute approximate surface area is 149 Å². The number of hydrogen-bond donors (Lipinski definition) is 2. The average molecular weight is 374 g/mol. The van der Waals surface area contributed by atoms with Crippen LogP contribution in [0.1, 0.15) is 42.5 Å². The van der Waals surface area contributed by atoms with E-state index < -0.39 is 10.0 Å². The van der Waals surface area contributed by atoms with Crippen LogP contribution in [0.4, 0.5) is 0 Å². The zero-order valence-corrected chi connectivity index (χ0v) is 15.1. The molecular formula is C16H24ClN3O3S. The number of carbonyl (C=O) groups is 1. The first-order valence-corrected chi connectivity index (χ1v) is 9.63. The summed E-state index contributed by atoms with van der Waals surface area (Å²) in [6.45, 7) is 1.17. The van der Waals surface area contributed by atoms with Crippen LogP contribution in [0.3, 0.4) is 0 Å². The molecule has 0 aromatic heterocycles. The van der Waals surface area contributed by atoms with Gasteiger partial charge in [0.05, 0.1) is 4.90 Å². The van der Waals surface area contributed by atoms with Gasteiger partial charge in [-0.05, 0) is 56.4 Å². The Bertz CT molecular complexity index is 674. The largest absolute Gasteiger partial charge is 0.334 e. The molecular weight excluding hydrogens is 350 g/mol. The minimum atomic E-state index is -3.47. The molecule has 1 aromatic rings. The molecule has 8 heteroatoms. The number of carbonyl (C=O) groups excluding carboxylic acids is 1. The van der Waals surface area contributed by atoms with Crippen LogP contribution in [0.25, 0.3) is 0 Å². The number of piperidine rings is 1. The Hall–Kier alpha value is -1.15. The van der Waals surface area contributed by atoms with Crippen molar-refractivity contribution in [2.45, 2.75) is 49.1 Å². The molecule has 1 saturated heterocycles. The molecule has 1 aromatic carbocycles. The smallest absolute Gasteiger partial charge is 0.254 e. The molecule has 3 rings (SSSR count). The third kappa shape index (κ3) is 4.27. The number of benzene rings is 1. The zero-order chi connectivity index (χ0) is 16.4. The number of likely N-dealkylation sites (tertiary alicyclic amines) is 1. The molecule has 1 atom stereocenters. The van der Waals surface area contributed by atoms with Gasteiger partial charge in [-0.15, -0.1) is 12.4 Å². The molecule has 6 nitrogen and oxygen atoms in total. The lowest BCUT2D eigenvalue weighted by Gasteiger charge is -2.35. The van der Waals surface area contributed by atoms with Crippen LogP contribution in [0.15, 0.2) is 29.2 Å². The predicted octanol–water partition coefficient (Wildman–Crippen LogP) is 1.50. The zero-order valence-electron chi connectivity index (χ0n) is 13.5. The van der Waals surface area contributed by atoms with Crippen molar-refractivity contribution in [3.63, 3.8) is 0 Å². The molecule has 1 aliphatic heterocycles. The highest BCUT2D eigenvalue weighted by Crippen LogP contribution is 2.23. The predicted molar refractivity (Wildman–Crippen MR) is 94.8 cm³/mol.